The molecule has 1 aliphatic heterocycles. The van der Waals surface area contributed by atoms with Crippen molar-refractivity contribution in [3.8, 4) is 0 Å². The molecular formula is C14H18F2N2O. The number of benzene rings is 1. The van der Waals surface area contributed by atoms with Crippen LogP contribution < -0.4 is 5.73 Å². The summed E-state index contributed by atoms with van der Waals surface area (Å²) in [5, 5.41) is 0. The van der Waals surface area contributed by atoms with E-state index in [0.29, 0.717) is 25.6 Å². The highest BCUT2D eigenvalue weighted by Gasteiger charge is 2.23. The van der Waals surface area contributed by atoms with E-state index in [4.69, 9.17) is 5.73 Å². The van der Waals surface area contributed by atoms with Crippen molar-refractivity contribution >= 4 is 5.91 Å². The van der Waals surface area contributed by atoms with Crippen LogP contribution in [-0.4, -0.2) is 30.4 Å². The Morgan fingerprint density at radius 1 is 1.26 bits per heavy atom. The zero-order valence-corrected chi connectivity index (χ0v) is 10.7. The molecule has 19 heavy (non-hydrogen) atoms. The summed E-state index contributed by atoms with van der Waals surface area (Å²) < 4.78 is 26.9. The van der Waals surface area contributed by atoms with Gasteiger partial charge in [0.05, 0.1) is 6.42 Å². The Morgan fingerprint density at radius 2 is 1.84 bits per heavy atom. The first kappa shape index (κ1) is 13.9. The van der Waals surface area contributed by atoms with Crippen LogP contribution in [0.15, 0.2) is 18.2 Å². The molecule has 1 fully saturated rings. The third-order valence-electron chi connectivity index (χ3n) is 3.69. The molecule has 0 atom stereocenters. The molecule has 0 spiro atoms. The predicted octanol–water partition coefficient (Wildman–Crippen LogP) is 1.70. The van der Waals surface area contributed by atoms with Crippen molar-refractivity contribution in [1.82, 2.24) is 4.90 Å². The van der Waals surface area contributed by atoms with E-state index in [1.165, 1.54) is 18.2 Å². The van der Waals surface area contributed by atoms with E-state index in [-0.39, 0.29) is 17.9 Å². The van der Waals surface area contributed by atoms with Crippen LogP contribution in [0.3, 0.4) is 0 Å². The lowest BCUT2D eigenvalue weighted by atomic mass is 9.96. The number of amides is 1. The van der Waals surface area contributed by atoms with Crippen molar-refractivity contribution in [1.29, 1.82) is 0 Å². The molecule has 1 aliphatic rings. The van der Waals surface area contributed by atoms with Crippen LogP contribution in [0.5, 0.6) is 0 Å². The highest BCUT2D eigenvalue weighted by molar-refractivity contribution is 5.79. The molecule has 3 nitrogen and oxygen atoms in total. The Balaban J connectivity index is 1.98. The number of rotatable bonds is 3. The van der Waals surface area contributed by atoms with E-state index in [1.54, 1.807) is 4.90 Å². The third kappa shape index (κ3) is 3.29. The maximum atomic E-state index is 13.5. The predicted molar refractivity (Wildman–Crippen MR) is 68.4 cm³/mol. The van der Waals surface area contributed by atoms with Gasteiger partial charge in [-0.2, -0.15) is 0 Å². The van der Waals surface area contributed by atoms with Crippen LogP contribution in [0.2, 0.25) is 0 Å². The number of hydrogen-bond donors (Lipinski definition) is 1. The van der Waals surface area contributed by atoms with Crippen LogP contribution in [-0.2, 0) is 11.2 Å². The zero-order valence-electron chi connectivity index (χ0n) is 10.7. The van der Waals surface area contributed by atoms with Gasteiger partial charge in [-0.3, -0.25) is 4.79 Å². The smallest absolute Gasteiger partial charge is 0.227 e. The summed E-state index contributed by atoms with van der Waals surface area (Å²) in [5.74, 6) is -1.09. The highest BCUT2D eigenvalue weighted by atomic mass is 19.1. The number of nitrogens with zero attached hydrogens (tertiary/aromatic N) is 1. The second kappa shape index (κ2) is 6.10. The molecule has 0 aromatic heterocycles. The van der Waals surface area contributed by atoms with Gasteiger partial charge in [0.2, 0.25) is 5.91 Å². The molecular weight excluding hydrogens is 250 g/mol. The number of likely N-dealkylation sites (tertiary alicyclic amines) is 1. The monoisotopic (exact) mass is 268 g/mol. The molecule has 1 aromatic carbocycles. The standard InChI is InChI=1S/C14H18F2N2O/c15-12-2-1-3-13(16)11(12)8-14(19)18-6-4-10(9-17)5-7-18/h1-3,10H,4-9,17H2. The lowest BCUT2D eigenvalue weighted by Gasteiger charge is -2.31. The van der Waals surface area contributed by atoms with Crippen LogP contribution in [0.1, 0.15) is 18.4 Å². The lowest BCUT2D eigenvalue weighted by molar-refractivity contribution is -0.131. The number of halogens is 2. The normalized spacial score (nSPS) is 16.7. The fourth-order valence-corrected chi connectivity index (χ4v) is 2.38. The van der Waals surface area contributed by atoms with Crippen molar-refractivity contribution in [3.05, 3.63) is 35.4 Å². The molecule has 1 amide bonds. The SMILES string of the molecule is NCC1CCN(C(=O)Cc2c(F)cccc2F)CC1. The summed E-state index contributed by atoms with van der Waals surface area (Å²) in [5.41, 5.74) is 5.44. The molecule has 0 radical (unpaired) electrons. The van der Waals surface area contributed by atoms with Gasteiger partial charge in [0, 0.05) is 18.7 Å². The van der Waals surface area contributed by atoms with Gasteiger partial charge in [0.15, 0.2) is 0 Å². The highest BCUT2D eigenvalue weighted by Crippen LogP contribution is 2.18. The van der Waals surface area contributed by atoms with Gasteiger partial charge >= 0.3 is 0 Å². The molecule has 104 valence electrons. The van der Waals surface area contributed by atoms with Crippen LogP contribution in [0.25, 0.3) is 0 Å². The van der Waals surface area contributed by atoms with Gasteiger partial charge in [-0.05, 0) is 37.4 Å². The van der Waals surface area contributed by atoms with Crippen molar-refractivity contribution in [2.45, 2.75) is 19.3 Å². The zero-order chi connectivity index (χ0) is 13.8. The number of carbonyl (C=O) groups is 1. The van der Waals surface area contributed by atoms with E-state index >= 15 is 0 Å². The number of hydrogen-bond acceptors (Lipinski definition) is 2. The second-order valence-electron chi connectivity index (χ2n) is 4.94. The fraction of sp³-hybridized carbons (Fsp3) is 0.500. The van der Waals surface area contributed by atoms with Gasteiger partial charge in [0.25, 0.3) is 0 Å². The largest absolute Gasteiger partial charge is 0.342 e. The van der Waals surface area contributed by atoms with Gasteiger partial charge < -0.3 is 10.6 Å². The van der Waals surface area contributed by atoms with E-state index in [2.05, 4.69) is 0 Å². The van der Waals surface area contributed by atoms with E-state index in [1.807, 2.05) is 0 Å². The first-order valence-electron chi connectivity index (χ1n) is 6.52. The Hall–Kier alpha value is -1.49. The fourth-order valence-electron chi connectivity index (χ4n) is 2.38. The van der Waals surface area contributed by atoms with Crippen molar-refractivity contribution in [2.24, 2.45) is 11.7 Å². The Labute approximate surface area is 111 Å². The average molecular weight is 268 g/mol. The molecule has 1 aromatic rings. The minimum Gasteiger partial charge on any atom is -0.342 e. The van der Waals surface area contributed by atoms with Gasteiger partial charge in [-0.1, -0.05) is 6.07 Å². The van der Waals surface area contributed by atoms with Crippen molar-refractivity contribution in [3.63, 3.8) is 0 Å². The molecule has 0 unspecified atom stereocenters. The molecule has 2 N–H and O–H groups in total. The van der Waals surface area contributed by atoms with Gasteiger partial charge in [0.1, 0.15) is 11.6 Å². The Kier molecular flexibility index (Phi) is 4.47. The number of piperidine rings is 1. The van der Waals surface area contributed by atoms with Gasteiger partial charge in [-0.25, -0.2) is 8.78 Å². The van der Waals surface area contributed by atoms with E-state index in [9.17, 15) is 13.6 Å². The average Bonchev–Trinajstić information content (AvgIpc) is 2.43. The summed E-state index contributed by atoms with van der Waals surface area (Å²) >= 11 is 0. The van der Waals surface area contributed by atoms with Crippen LogP contribution in [0.4, 0.5) is 8.78 Å². The molecule has 0 aliphatic carbocycles. The van der Waals surface area contributed by atoms with Crippen LogP contribution in [0, 0.1) is 17.6 Å². The Morgan fingerprint density at radius 3 is 2.37 bits per heavy atom. The van der Waals surface area contributed by atoms with Crippen molar-refractivity contribution < 1.29 is 13.6 Å². The molecule has 1 saturated heterocycles. The summed E-state index contributed by atoms with van der Waals surface area (Å²) in [7, 11) is 0. The minimum absolute atomic E-state index is 0.145. The molecule has 0 saturated carbocycles. The van der Waals surface area contributed by atoms with Gasteiger partial charge in [-0.15, -0.1) is 0 Å². The summed E-state index contributed by atoms with van der Waals surface area (Å²) in [6.45, 7) is 1.87. The third-order valence-corrected chi connectivity index (χ3v) is 3.69. The molecule has 1 heterocycles. The molecule has 5 heteroatoms. The topological polar surface area (TPSA) is 46.3 Å². The number of carbonyl (C=O) groups excluding carboxylic acids is 1. The summed E-state index contributed by atoms with van der Waals surface area (Å²) in [4.78, 5) is 13.7. The second-order valence-corrected chi connectivity index (χ2v) is 4.94. The first-order chi connectivity index (χ1) is 9.11. The molecule has 2 rings (SSSR count). The maximum Gasteiger partial charge on any atom is 0.227 e. The number of nitrogens with two attached hydrogens (primary N) is 1. The Bertz CT molecular complexity index is 437. The van der Waals surface area contributed by atoms with Crippen LogP contribution >= 0.6 is 0 Å². The maximum absolute atomic E-state index is 13.5. The van der Waals surface area contributed by atoms with E-state index < -0.39 is 11.6 Å². The summed E-state index contributed by atoms with van der Waals surface area (Å²) in [6.07, 6.45) is 1.51. The molecule has 0 bridgehead atoms. The van der Waals surface area contributed by atoms with E-state index in [0.717, 1.165) is 12.8 Å². The van der Waals surface area contributed by atoms with Crippen molar-refractivity contribution in [2.75, 3.05) is 19.6 Å². The lowest BCUT2D eigenvalue weighted by Crippen LogP contribution is -2.41. The summed E-state index contributed by atoms with van der Waals surface area (Å²) in [6, 6.07) is 3.64. The first-order valence-corrected chi connectivity index (χ1v) is 6.52. The quantitative estimate of drug-likeness (QED) is 0.907. The minimum atomic E-state index is -0.662.